The van der Waals surface area contributed by atoms with Gasteiger partial charge in [0.15, 0.2) is 0 Å². The highest BCUT2D eigenvalue weighted by atomic mass is 127. The Kier molecular flexibility index (Phi) is 4.40. The van der Waals surface area contributed by atoms with E-state index in [1.54, 1.807) is 7.05 Å². The molecule has 0 atom stereocenters. The Morgan fingerprint density at radius 2 is 2.15 bits per heavy atom. The van der Waals surface area contributed by atoms with E-state index in [2.05, 4.69) is 10.3 Å². The maximum Gasteiger partial charge on any atom is 0.433 e. The zero-order valence-corrected chi connectivity index (χ0v) is 12.8. The molecule has 1 aliphatic carbocycles. The van der Waals surface area contributed by atoms with Gasteiger partial charge in [-0.2, -0.15) is 13.2 Å². The minimum Gasteiger partial charge on any atom is -0.352 e. The molecule has 0 bridgehead atoms. The maximum atomic E-state index is 12.6. The van der Waals surface area contributed by atoms with Crippen molar-refractivity contribution in [3.63, 3.8) is 0 Å². The standard InChI is InChI=1S/C12H13F3IN3O/c1-19(6-10(20)17-7-2-3-7)11-8(16)4-5-9(18-11)12(13,14)15/h4-5,7H,2-3,6H2,1H3,(H,17,20). The predicted molar refractivity (Wildman–Crippen MR) is 76.4 cm³/mol. The number of nitrogens with one attached hydrogen (secondary N) is 1. The van der Waals surface area contributed by atoms with Crippen LogP contribution in [0.4, 0.5) is 19.0 Å². The predicted octanol–water partition coefficient (Wildman–Crippen LogP) is 2.42. The van der Waals surface area contributed by atoms with Gasteiger partial charge in [0.25, 0.3) is 0 Å². The van der Waals surface area contributed by atoms with E-state index in [9.17, 15) is 18.0 Å². The first-order valence-corrected chi connectivity index (χ1v) is 7.09. The van der Waals surface area contributed by atoms with Gasteiger partial charge < -0.3 is 10.2 Å². The van der Waals surface area contributed by atoms with E-state index in [-0.39, 0.29) is 24.3 Å². The lowest BCUT2D eigenvalue weighted by Crippen LogP contribution is -2.37. The zero-order valence-electron chi connectivity index (χ0n) is 10.7. The number of nitrogens with zero attached hydrogens (tertiary/aromatic N) is 2. The number of rotatable bonds is 4. The molecule has 4 nitrogen and oxygen atoms in total. The van der Waals surface area contributed by atoms with E-state index >= 15 is 0 Å². The van der Waals surface area contributed by atoms with Crippen molar-refractivity contribution in [3.8, 4) is 0 Å². The molecule has 0 aliphatic heterocycles. The van der Waals surface area contributed by atoms with Crippen LogP contribution < -0.4 is 10.2 Å². The number of pyridine rings is 1. The second kappa shape index (κ2) is 5.74. The van der Waals surface area contributed by atoms with E-state index in [0.717, 1.165) is 18.9 Å². The number of anilines is 1. The van der Waals surface area contributed by atoms with E-state index < -0.39 is 11.9 Å². The lowest BCUT2D eigenvalue weighted by molar-refractivity contribution is -0.141. The molecule has 1 aromatic heterocycles. The molecule has 20 heavy (non-hydrogen) atoms. The number of carbonyl (C=O) groups is 1. The van der Waals surface area contributed by atoms with Gasteiger partial charge in [0.2, 0.25) is 5.91 Å². The summed E-state index contributed by atoms with van der Waals surface area (Å²) in [5.41, 5.74) is -0.956. The summed E-state index contributed by atoms with van der Waals surface area (Å²) < 4.78 is 38.5. The number of likely N-dealkylation sites (N-methyl/N-ethyl adjacent to an activating group) is 1. The van der Waals surface area contributed by atoms with Crippen LogP contribution in [-0.2, 0) is 11.0 Å². The number of hydrogen-bond donors (Lipinski definition) is 1. The fourth-order valence-electron chi connectivity index (χ4n) is 1.65. The van der Waals surface area contributed by atoms with Crippen LogP contribution in [0.1, 0.15) is 18.5 Å². The highest BCUT2D eigenvalue weighted by molar-refractivity contribution is 14.1. The number of aromatic nitrogens is 1. The van der Waals surface area contributed by atoms with Crippen LogP contribution in [0, 0.1) is 3.57 Å². The summed E-state index contributed by atoms with van der Waals surface area (Å²) in [7, 11) is 1.55. The third-order valence-corrected chi connectivity index (χ3v) is 3.64. The Bertz CT molecular complexity index is 517. The maximum absolute atomic E-state index is 12.6. The van der Waals surface area contributed by atoms with Crippen molar-refractivity contribution in [2.45, 2.75) is 25.1 Å². The Balaban J connectivity index is 2.11. The van der Waals surface area contributed by atoms with Gasteiger partial charge in [-0.3, -0.25) is 4.79 Å². The number of hydrogen-bond acceptors (Lipinski definition) is 3. The van der Waals surface area contributed by atoms with E-state index in [1.807, 2.05) is 22.6 Å². The Hall–Kier alpha value is -1.06. The molecule has 1 N–H and O–H groups in total. The van der Waals surface area contributed by atoms with Crippen molar-refractivity contribution in [1.29, 1.82) is 0 Å². The van der Waals surface area contributed by atoms with Crippen LogP contribution in [0.25, 0.3) is 0 Å². The molecule has 1 amide bonds. The van der Waals surface area contributed by atoms with Gasteiger partial charge in [0, 0.05) is 13.1 Å². The minimum absolute atomic E-state index is 0.0131. The molecule has 0 saturated heterocycles. The van der Waals surface area contributed by atoms with E-state index in [1.165, 1.54) is 11.0 Å². The quantitative estimate of drug-likeness (QED) is 0.792. The van der Waals surface area contributed by atoms with Crippen molar-refractivity contribution < 1.29 is 18.0 Å². The summed E-state index contributed by atoms with van der Waals surface area (Å²) in [5, 5.41) is 2.79. The smallest absolute Gasteiger partial charge is 0.352 e. The number of alkyl halides is 3. The summed E-state index contributed by atoms with van der Waals surface area (Å²) in [6.45, 7) is -0.0131. The lowest BCUT2D eigenvalue weighted by Gasteiger charge is -2.20. The fraction of sp³-hybridized carbons (Fsp3) is 0.500. The Morgan fingerprint density at radius 1 is 1.50 bits per heavy atom. The van der Waals surface area contributed by atoms with Crippen LogP contribution in [0.5, 0.6) is 0 Å². The average Bonchev–Trinajstić information content (AvgIpc) is 3.11. The third-order valence-electron chi connectivity index (χ3n) is 2.80. The average molecular weight is 399 g/mol. The molecule has 1 fully saturated rings. The minimum atomic E-state index is -4.49. The topological polar surface area (TPSA) is 45.2 Å². The normalized spacial score (nSPS) is 15.1. The highest BCUT2D eigenvalue weighted by Crippen LogP contribution is 2.30. The number of halogens is 4. The number of amides is 1. The van der Waals surface area contributed by atoms with E-state index in [0.29, 0.717) is 3.57 Å². The van der Waals surface area contributed by atoms with Gasteiger partial charge in [-0.05, 0) is 47.6 Å². The molecular weight excluding hydrogens is 386 g/mol. The monoisotopic (exact) mass is 399 g/mol. The second-order valence-corrected chi connectivity index (χ2v) is 5.86. The molecule has 2 rings (SSSR count). The molecule has 1 saturated carbocycles. The van der Waals surface area contributed by atoms with Gasteiger partial charge >= 0.3 is 6.18 Å². The first-order chi connectivity index (χ1) is 9.27. The van der Waals surface area contributed by atoms with Gasteiger partial charge in [0.1, 0.15) is 11.5 Å². The van der Waals surface area contributed by atoms with E-state index in [4.69, 9.17) is 0 Å². The SMILES string of the molecule is CN(CC(=O)NC1CC1)c1nc(C(F)(F)F)ccc1I. The Labute approximate surface area is 127 Å². The summed E-state index contributed by atoms with van der Waals surface area (Å²) in [6, 6.07) is 2.51. The molecule has 1 aromatic rings. The zero-order chi connectivity index (χ0) is 14.9. The summed E-state index contributed by atoms with van der Waals surface area (Å²) in [4.78, 5) is 16.7. The van der Waals surface area contributed by atoms with Crippen molar-refractivity contribution in [2.75, 3.05) is 18.5 Å². The molecule has 0 aromatic carbocycles. The van der Waals surface area contributed by atoms with Gasteiger partial charge in [-0.15, -0.1) is 0 Å². The molecule has 110 valence electrons. The van der Waals surface area contributed by atoms with Crippen molar-refractivity contribution >= 4 is 34.3 Å². The highest BCUT2D eigenvalue weighted by Gasteiger charge is 2.33. The summed E-state index contributed by atoms with van der Waals surface area (Å²) in [6.07, 6.45) is -2.56. The summed E-state index contributed by atoms with van der Waals surface area (Å²) in [5.74, 6) is -0.0450. The molecule has 0 radical (unpaired) electrons. The number of carbonyl (C=O) groups excluding carboxylic acids is 1. The lowest BCUT2D eigenvalue weighted by atomic mass is 10.3. The molecular formula is C12H13F3IN3O. The van der Waals surface area contributed by atoms with Crippen LogP contribution in [0.15, 0.2) is 12.1 Å². The first kappa shape index (κ1) is 15.3. The van der Waals surface area contributed by atoms with Gasteiger partial charge in [-0.1, -0.05) is 0 Å². The largest absolute Gasteiger partial charge is 0.433 e. The molecule has 1 heterocycles. The van der Waals surface area contributed by atoms with Crippen molar-refractivity contribution in [1.82, 2.24) is 10.3 Å². The van der Waals surface area contributed by atoms with Crippen LogP contribution in [-0.4, -0.2) is 30.5 Å². The third kappa shape index (κ3) is 3.97. The van der Waals surface area contributed by atoms with Crippen LogP contribution >= 0.6 is 22.6 Å². The fourth-order valence-corrected chi connectivity index (χ4v) is 2.36. The van der Waals surface area contributed by atoms with Gasteiger partial charge in [-0.25, -0.2) is 4.98 Å². The van der Waals surface area contributed by atoms with Crippen LogP contribution in [0.3, 0.4) is 0 Å². The molecule has 8 heteroatoms. The first-order valence-electron chi connectivity index (χ1n) is 6.01. The van der Waals surface area contributed by atoms with Crippen LogP contribution in [0.2, 0.25) is 0 Å². The van der Waals surface area contributed by atoms with Crippen molar-refractivity contribution in [2.24, 2.45) is 0 Å². The van der Waals surface area contributed by atoms with Crippen molar-refractivity contribution in [3.05, 3.63) is 21.4 Å². The molecule has 0 unspecified atom stereocenters. The molecule has 1 aliphatic rings. The molecule has 0 spiro atoms. The van der Waals surface area contributed by atoms with Gasteiger partial charge in [0.05, 0.1) is 10.1 Å². The summed E-state index contributed by atoms with van der Waals surface area (Å²) >= 11 is 1.90. The Morgan fingerprint density at radius 3 is 2.70 bits per heavy atom. The second-order valence-electron chi connectivity index (χ2n) is 4.70.